The van der Waals surface area contributed by atoms with Gasteiger partial charge >= 0.3 is 0 Å². The summed E-state index contributed by atoms with van der Waals surface area (Å²) in [5.41, 5.74) is 1.05. The first-order chi connectivity index (χ1) is 12.1. The fourth-order valence-corrected chi connectivity index (χ4v) is 3.49. The maximum Gasteiger partial charge on any atom is 0.242 e. The van der Waals surface area contributed by atoms with E-state index in [4.69, 9.17) is 0 Å². The van der Waals surface area contributed by atoms with Crippen molar-refractivity contribution < 1.29 is 9.59 Å². The second-order valence-corrected chi connectivity index (χ2v) is 6.94. The first-order valence-electron chi connectivity index (χ1n) is 9.17. The van der Waals surface area contributed by atoms with Gasteiger partial charge in [-0.15, -0.1) is 0 Å². The molecule has 2 aliphatic rings. The predicted molar refractivity (Wildman–Crippen MR) is 98.5 cm³/mol. The van der Waals surface area contributed by atoms with Crippen LogP contribution in [-0.2, 0) is 9.59 Å². The van der Waals surface area contributed by atoms with Gasteiger partial charge in [0.15, 0.2) is 0 Å². The molecule has 2 fully saturated rings. The van der Waals surface area contributed by atoms with E-state index in [0.29, 0.717) is 26.2 Å². The predicted octanol–water partition coefficient (Wildman–Crippen LogP) is 0.889. The highest BCUT2D eigenvalue weighted by atomic mass is 16.2. The molecule has 3 rings (SSSR count). The smallest absolute Gasteiger partial charge is 0.242 e. The van der Waals surface area contributed by atoms with E-state index in [2.05, 4.69) is 4.90 Å². The van der Waals surface area contributed by atoms with Gasteiger partial charge in [-0.1, -0.05) is 18.2 Å². The maximum atomic E-state index is 12.5. The van der Waals surface area contributed by atoms with Crippen molar-refractivity contribution in [3.8, 4) is 0 Å². The van der Waals surface area contributed by atoms with Crippen molar-refractivity contribution in [2.45, 2.75) is 12.8 Å². The molecule has 0 unspecified atom stereocenters. The van der Waals surface area contributed by atoms with Gasteiger partial charge in [-0.25, -0.2) is 0 Å². The lowest BCUT2D eigenvalue weighted by Gasteiger charge is -2.35. The van der Waals surface area contributed by atoms with E-state index in [1.54, 1.807) is 0 Å². The zero-order chi connectivity index (χ0) is 17.6. The first-order valence-corrected chi connectivity index (χ1v) is 9.17. The molecule has 0 atom stereocenters. The van der Waals surface area contributed by atoms with E-state index in [9.17, 15) is 9.59 Å². The van der Waals surface area contributed by atoms with Gasteiger partial charge in [-0.2, -0.15) is 0 Å². The Morgan fingerprint density at radius 1 is 0.880 bits per heavy atom. The van der Waals surface area contributed by atoms with Crippen molar-refractivity contribution in [3.63, 3.8) is 0 Å². The summed E-state index contributed by atoms with van der Waals surface area (Å²) in [4.78, 5) is 32.8. The average molecular weight is 344 g/mol. The molecule has 2 aliphatic heterocycles. The number of para-hydroxylation sites is 1. The molecule has 2 heterocycles. The summed E-state index contributed by atoms with van der Waals surface area (Å²) in [5, 5.41) is 0. The number of rotatable bonds is 5. The summed E-state index contributed by atoms with van der Waals surface area (Å²) >= 11 is 0. The van der Waals surface area contributed by atoms with Crippen molar-refractivity contribution >= 4 is 17.5 Å². The van der Waals surface area contributed by atoms with Gasteiger partial charge in [0.2, 0.25) is 11.8 Å². The SMILES string of the molecule is CN(CC(=O)N1CCN(CC(=O)N2CCCC2)CC1)c1ccccc1. The van der Waals surface area contributed by atoms with Gasteiger partial charge in [0.05, 0.1) is 13.1 Å². The summed E-state index contributed by atoms with van der Waals surface area (Å²) in [6.07, 6.45) is 2.26. The van der Waals surface area contributed by atoms with Gasteiger partial charge in [-0.05, 0) is 25.0 Å². The second-order valence-electron chi connectivity index (χ2n) is 6.94. The number of carbonyl (C=O) groups is 2. The number of likely N-dealkylation sites (N-methyl/N-ethyl adjacent to an activating group) is 1. The van der Waals surface area contributed by atoms with Crippen LogP contribution in [0.3, 0.4) is 0 Å². The molecule has 25 heavy (non-hydrogen) atoms. The van der Waals surface area contributed by atoms with Crippen LogP contribution in [0.5, 0.6) is 0 Å². The lowest BCUT2D eigenvalue weighted by atomic mass is 10.2. The lowest BCUT2D eigenvalue weighted by Crippen LogP contribution is -2.53. The van der Waals surface area contributed by atoms with Gasteiger partial charge in [-0.3, -0.25) is 14.5 Å². The van der Waals surface area contributed by atoms with E-state index < -0.39 is 0 Å². The lowest BCUT2D eigenvalue weighted by molar-refractivity contribution is -0.133. The fraction of sp³-hybridized carbons (Fsp3) is 0.579. The Kier molecular flexibility index (Phi) is 5.91. The Hall–Kier alpha value is -2.08. The van der Waals surface area contributed by atoms with E-state index in [1.807, 2.05) is 52.1 Å². The topological polar surface area (TPSA) is 47.1 Å². The molecule has 6 nitrogen and oxygen atoms in total. The summed E-state index contributed by atoms with van der Waals surface area (Å²) < 4.78 is 0. The third-order valence-corrected chi connectivity index (χ3v) is 5.11. The van der Waals surface area contributed by atoms with Crippen LogP contribution in [0.15, 0.2) is 30.3 Å². The molecule has 2 saturated heterocycles. The molecule has 0 N–H and O–H groups in total. The number of hydrogen-bond donors (Lipinski definition) is 0. The monoisotopic (exact) mass is 344 g/mol. The summed E-state index contributed by atoms with van der Waals surface area (Å²) in [7, 11) is 1.94. The van der Waals surface area contributed by atoms with Crippen LogP contribution < -0.4 is 4.90 Å². The Labute approximate surface area is 150 Å². The minimum Gasteiger partial charge on any atom is -0.365 e. The summed E-state index contributed by atoms with van der Waals surface area (Å²) in [6.45, 7) is 5.65. The zero-order valence-corrected chi connectivity index (χ0v) is 15.1. The van der Waals surface area contributed by atoms with E-state index in [0.717, 1.165) is 44.7 Å². The van der Waals surface area contributed by atoms with Crippen molar-refractivity contribution in [3.05, 3.63) is 30.3 Å². The summed E-state index contributed by atoms with van der Waals surface area (Å²) in [6, 6.07) is 9.95. The number of carbonyl (C=O) groups excluding carboxylic acids is 2. The van der Waals surface area contributed by atoms with Crippen molar-refractivity contribution in [2.75, 3.05) is 64.3 Å². The first kappa shape index (κ1) is 17.7. The Morgan fingerprint density at radius 3 is 2.12 bits per heavy atom. The molecule has 0 radical (unpaired) electrons. The molecule has 1 aromatic rings. The number of benzene rings is 1. The van der Waals surface area contributed by atoms with Crippen LogP contribution in [0.4, 0.5) is 5.69 Å². The standard InChI is InChI=1S/C19H28N4O2/c1-20(17-7-3-2-4-8-17)15-18(24)23-13-11-21(12-14-23)16-19(25)22-9-5-6-10-22/h2-4,7-8H,5-6,9-16H2,1H3. The third kappa shape index (κ3) is 4.72. The van der Waals surface area contributed by atoms with Crippen molar-refractivity contribution in [1.29, 1.82) is 0 Å². The molecule has 0 spiro atoms. The number of amides is 2. The highest BCUT2D eigenvalue weighted by molar-refractivity contribution is 5.81. The Morgan fingerprint density at radius 2 is 1.48 bits per heavy atom. The van der Waals surface area contributed by atoms with Crippen LogP contribution in [0, 0.1) is 0 Å². The number of nitrogens with zero attached hydrogens (tertiary/aromatic N) is 4. The van der Waals surface area contributed by atoms with E-state index in [1.165, 1.54) is 0 Å². The largest absolute Gasteiger partial charge is 0.365 e. The van der Waals surface area contributed by atoms with E-state index in [-0.39, 0.29) is 11.8 Å². The van der Waals surface area contributed by atoms with Crippen molar-refractivity contribution in [2.24, 2.45) is 0 Å². The highest BCUT2D eigenvalue weighted by Crippen LogP contribution is 2.12. The Bertz CT molecular complexity index is 578. The average Bonchev–Trinajstić information content (AvgIpc) is 3.18. The molecule has 0 saturated carbocycles. The van der Waals surface area contributed by atoms with Gasteiger partial charge in [0.1, 0.15) is 0 Å². The molecule has 0 aromatic heterocycles. The molecule has 0 bridgehead atoms. The fourth-order valence-electron chi connectivity index (χ4n) is 3.49. The van der Waals surface area contributed by atoms with Gasteiger partial charge in [0.25, 0.3) is 0 Å². The Balaban J connectivity index is 1.42. The minimum absolute atomic E-state index is 0.150. The second kappa shape index (κ2) is 8.34. The number of anilines is 1. The number of piperazine rings is 1. The summed E-state index contributed by atoms with van der Waals surface area (Å²) in [5.74, 6) is 0.387. The van der Waals surface area contributed by atoms with Crippen molar-refractivity contribution in [1.82, 2.24) is 14.7 Å². The normalized spacial score (nSPS) is 18.4. The quantitative estimate of drug-likeness (QED) is 0.796. The van der Waals surface area contributed by atoms with Crippen LogP contribution in [0.25, 0.3) is 0 Å². The third-order valence-electron chi connectivity index (χ3n) is 5.11. The molecular weight excluding hydrogens is 316 g/mol. The number of likely N-dealkylation sites (tertiary alicyclic amines) is 1. The number of hydrogen-bond acceptors (Lipinski definition) is 4. The molecule has 6 heteroatoms. The maximum absolute atomic E-state index is 12.5. The van der Waals surface area contributed by atoms with Crippen LogP contribution >= 0.6 is 0 Å². The van der Waals surface area contributed by atoms with Gasteiger partial charge < -0.3 is 14.7 Å². The molecule has 0 aliphatic carbocycles. The van der Waals surface area contributed by atoms with Gasteiger partial charge in [0, 0.05) is 52.0 Å². The van der Waals surface area contributed by atoms with Crippen LogP contribution in [0.2, 0.25) is 0 Å². The molecule has 136 valence electrons. The highest BCUT2D eigenvalue weighted by Gasteiger charge is 2.25. The molecule has 1 aromatic carbocycles. The molecular formula is C19H28N4O2. The molecule has 2 amide bonds. The van der Waals surface area contributed by atoms with Crippen LogP contribution in [-0.4, -0.2) is 85.9 Å². The minimum atomic E-state index is 0.150. The van der Waals surface area contributed by atoms with E-state index >= 15 is 0 Å². The zero-order valence-electron chi connectivity index (χ0n) is 15.1. The van der Waals surface area contributed by atoms with Crippen LogP contribution in [0.1, 0.15) is 12.8 Å².